The SMILES string of the molecule is O=C(NCSCSC/N=C/OOCSCSCSCOC(=O)NCSCSCN=COOCCO)OCCO. The van der Waals surface area contributed by atoms with Crippen LogP contribution in [-0.4, -0.2) is 117 Å². The number of amides is 2. The Morgan fingerprint density at radius 3 is 1.79 bits per heavy atom. The lowest BCUT2D eigenvalue weighted by Crippen LogP contribution is -2.24. The Balaban J connectivity index is 3.26. The summed E-state index contributed by atoms with van der Waals surface area (Å²) in [6.07, 6.45) is 1.42. The third-order valence-corrected chi connectivity index (χ3v) is 10.2. The average molecular weight is 691 g/mol. The summed E-state index contributed by atoms with van der Waals surface area (Å²) in [7, 11) is 0. The van der Waals surface area contributed by atoms with Gasteiger partial charge in [0.05, 0.1) is 36.7 Å². The minimum atomic E-state index is -0.551. The first kappa shape index (κ1) is 38.8. The number of alkyl carbamates (subject to hydrolysis) is 2. The average Bonchev–Trinajstić information content (AvgIpc) is 2.94. The number of nitrogens with zero attached hydrogens (tertiary/aromatic N) is 2. The lowest BCUT2D eigenvalue weighted by atomic mass is 10.8. The van der Waals surface area contributed by atoms with Gasteiger partial charge in [-0.25, -0.2) is 19.6 Å². The summed E-state index contributed by atoms with van der Waals surface area (Å²) in [6, 6.07) is 0. The topological polar surface area (TPSA) is 179 Å². The number of rotatable bonds is 28. The lowest BCUT2D eigenvalue weighted by Gasteiger charge is -2.06. The molecule has 0 aliphatic rings. The van der Waals surface area contributed by atoms with Crippen LogP contribution < -0.4 is 10.6 Å². The summed E-state index contributed by atoms with van der Waals surface area (Å²) in [5.74, 6) is 2.48. The zero-order valence-corrected chi connectivity index (χ0v) is 26.7. The fourth-order valence-electron chi connectivity index (χ4n) is 1.49. The van der Waals surface area contributed by atoms with Crippen molar-refractivity contribution < 1.29 is 48.8 Å². The van der Waals surface area contributed by atoms with Crippen molar-refractivity contribution >= 4 is 107 Å². The van der Waals surface area contributed by atoms with E-state index in [2.05, 4.69) is 35.1 Å². The van der Waals surface area contributed by atoms with Crippen molar-refractivity contribution in [3.63, 3.8) is 0 Å². The van der Waals surface area contributed by atoms with Gasteiger partial charge in [0.25, 0.3) is 0 Å². The molecule has 0 radical (unpaired) electrons. The highest BCUT2D eigenvalue weighted by atomic mass is 32.2. The minimum absolute atomic E-state index is 0.0159. The van der Waals surface area contributed by atoms with E-state index < -0.39 is 12.2 Å². The Bertz CT molecular complexity index is 633. The van der Waals surface area contributed by atoms with Crippen LogP contribution in [0, 0.1) is 0 Å². The fourth-order valence-corrected chi connectivity index (χ4v) is 7.15. The van der Waals surface area contributed by atoms with Gasteiger partial charge in [-0.3, -0.25) is 0 Å². The van der Waals surface area contributed by atoms with Crippen LogP contribution in [0.3, 0.4) is 0 Å². The Morgan fingerprint density at radius 2 is 1.18 bits per heavy atom. The molecule has 4 N–H and O–H groups in total. The van der Waals surface area contributed by atoms with Gasteiger partial charge in [-0.2, -0.15) is 9.78 Å². The van der Waals surface area contributed by atoms with Gasteiger partial charge < -0.3 is 40.1 Å². The van der Waals surface area contributed by atoms with Crippen LogP contribution in [0.5, 0.6) is 0 Å². The van der Waals surface area contributed by atoms with E-state index in [1.807, 2.05) is 0 Å². The fraction of sp³-hybridized carbons (Fsp3) is 0.778. The Hall–Kier alpha value is -0.230. The quantitative estimate of drug-likeness (QED) is 0.0235. The van der Waals surface area contributed by atoms with E-state index in [0.29, 0.717) is 29.4 Å². The molecule has 0 aromatic carbocycles. The number of hydrogen-bond acceptors (Lipinski definition) is 19. The molecule has 21 heteroatoms. The second-order valence-electron chi connectivity index (χ2n) is 5.76. The van der Waals surface area contributed by atoms with Gasteiger partial charge in [-0.15, -0.1) is 82.3 Å². The first-order valence-electron chi connectivity index (χ1n) is 10.8. The molecule has 0 aromatic heterocycles. The predicted octanol–water partition coefficient (Wildman–Crippen LogP) is 3.08. The molecular weight excluding hydrogens is 657 g/mol. The van der Waals surface area contributed by atoms with Crippen molar-refractivity contribution in [2.45, 2.75) is 0 Å². The van der Waals surface area contributed by atoms with Crippen LogP contribution in [-0.2, 0) is 29.0 Å². The monoisotopic (exact) mass is 690 g/mol. The molecule has 228 valence electrons. The smallest absolute Gasteiger partial charge is 0.408 e. The van der Waals surface area contributed by atoms with Gasteiger partial charge in [0.1, 0.15) is 25.1 Å². The highest BCUT2D eigenvalue weighted by molar-refractivity contribution is 8.22. The number of hydrogen-bond donors (Lipinski definition) is 4. The van der Waals surface area contributed by atoms with Crippen molar-refractivity contribution in [2.75, 3.05) is 82.2 Å². The lowest BCUT2D eigenvalue weighted by molar-refractivity contribution is -0.221. The maximum absolute atomic E-state index is 11.6. The van der Waals surface area contributed by atoms with Crippen LogP contribution in [0.2, 0.25) is 0 Å². The molecule has 0 atom stereocenters. The van der Waals surface area contributed by atoms with Gasteiger partial charge in [0, 0.05) is 20.3 Å². The van der Waals surface area contributed by atoms with E-state index in [0.717, 1.165) is 20.3 Å². The highest BCUT2D eigenvalue weighted by Gasteiger charge is 2.02. The summed E-state index contributed by atoms with van der Waals surface area (Å²) < 4.78 is 9.74. The summed E-state index contributed by atoms with van der Waals surface area (Å²) >= 11 is 10.8. The normalized spacial score (nSPS) is 11.1. The molecule has 0 bridgehead atoms. The molecule has 0 spiro atoms. The maximum Gasteiger partial charge on any atom is 0.408 e. The predicted molar refractivity (Wildman–Crippen MR) is 166 cm³/mol. The Kier molecular flexibility index (Phi) is 33.8. The molecule has 0 aliphatic carbocycles. The van der Waals surface area contributed by atoms with Crippen LogP contribution in [0.25, 0.3) is 0 Å². The maximum atomic E-state index is 11.6. The summed E-state index contributed by atoms with van der Waals surface area (Å²) in [6.45, 7) is -0.234. The van der Waals surface area contributed by atoms with Crippen LogP contribution >= 0.6 is 82.3 Å². The molecule has 14 nitrogen and oxygen atoms in total. The zero-order chi connectivity index (χ0) is 28.5. The van der Waals surface area contributed by atoms with Crippen molar-refractivity contribution in [3.8, 4) is 0 Å². The first-order valence-corrected chi connectivity index (χ1v) is 18.9. The number of thioether (sulfide) groups is 7. The molecule has 0 aliphatic heterocycles. The van der Waals surface area contributed by atoms with E-state index in [-0.39, 0.29) is 32.4 Å². The Labute approximate surface area is 257 Å². The third kappa shape index (κ3) is 33.9. The minimum Gasteiger partial charge on any atom is -0.447 e. The molecule has 0 unspecified atom stereocenters. The van der Waals surface area contributed by atoms with Crippen molar-refractivity contribution in [3.05, 3.63) is 0 Å². The van der Waals surface area contributed by atoms with Gasteiger partial charge in [0.2, 0.25) is 12.8 Å². The number of ether oxygens (including phenoxy) is 2. The van der Waals surface area contributed by atoms with E-state index in [1.54, 1.807) is 47.0 Å². The highest BCUT2D eigenvalue weighted by Crippen LogP contribution is 2.18. The van der Waals surface area contributed by atoms with E-state index in [4.69, 9.17) is 24.7 Å². The van der Waals surface area contributed by atoms with E-state index in [9.17, 15) is 9.59 Å². The van der Waals surface area contributed by atoms with Gasteiger partial charge in [-0.1, -0.05) is 0 Å². The van der Waals surface area contributed by atoms with Gasteiger partial charge >= 0.3 is 12.2 Å². The molecule has 0 saturated carbocycles. The number of aliphatic imine (C=N–C) groups is 2. The number of aliphatic hydroxyl groups is 2. The molecule has 2 amide bonds. The molecule has 0 rings (SSSR count). The molecule has 0 aromatic rings. The molecular formula is C18H34N4O10S7. The standard InChI is InChI=1S/C18H34N4O10S7/c23-1-3-27-17(25)21-9-35-13-34-8-20-6-31-32-12-38-16-39-15-37-11-28-18(26)22-10-36-14-33-7-19-5-30-29-4-2-24/h5-6,23-24H,1-4,7-16H2,(H,21,25)(H,22,26)/b19-5?,20-6+. The second kappa shape index (κ2) is 34.0. The largest absolute Gasteiger partial charge is 0.447 e. The van der Waals surface area contributed by atoms with Crippen LogP contribution in [0.15, 0.2) is 9.98 Å². The van der Waals surface area contributed by atoms with Crippen molar-refractivity contribution in [1.82, 2.24) is 10.6 Å². The van der Waals surface area contributed by atoms with E-state index in [1.165, 1.54) is 48.1 Å². The zero-order valence-electron chi connectivity index (χ0n) is 21.0. The molecule has 39 heavy (non-hydrogen) atoms. The first-order chi connectivity index (χ1) is 19.2. The van der Waals surface area contributed by atoms with Gasteiger partial charge in [-0.05, 0) is 0 Å². The molecule has 0 fully saturated rings. The second-order valence-corrected chi connectivity index (χ2v) is 14.0. The van der Waals surface area contributed by atoms with Crippen LogP contribution in [0.1, 0.15) is 0 Å². The third-order valence-electron chi connectivity index (χ3n) is 2.91. The molecule has 0 heterocycles. The summed E-state index contributed by atoms with van der Waals surface area (Å²) in [4.78, 5) is 49.6. The van der Waals surface area contributed by atoms with Crippen LogP contribution in [0.4, 0.5) is 9.59 Å². The number of carbonyl (C=O) groups excluding carboxylic acids is 2. The van der Waals surface area contributed by atoms with Gasteiger partial charge in [0.15, 0.2) is 0 Å². The summed E-state index contributed by atoms with van der Waals surface area (Å²) in [5.41, 5.74) is 0. The molecule has 0 saturated heterocycles. The summed E-state index contributed by atoms with van der Waals surface area (Å²) in [5, 5.41) is 25.3. The van der Waals surface area contributed by atoms with E-state index >= 15 is 0 Å². The number of nitrogens with one attached hydrogen (secondary N) is 2. The number of aliphatic hydroxyl groups excluding tert-OH is 2. The Morgan fingerprint density at radius 1 is 0.641 bits per heavy atom. The van der Waals surface area contributed by atoms with Crippen molar-refractivity contribution in [2.24, 2.45) is 9.98 Å². The van der Waals surface area contributed by atoms with Crippen molar-refractivity contribution in [1.29, 1.82) is 0 Å². The number of carbonyl (C=O) groups is 2.